The average Bonchev–Trinajstić information content (AvgIpc) is 3.48. The molecule has 259 valence electrons. The number of ketones is 1. The van der Waals surface area contributed by atoms with Gasteiger partial charge in [0.05, 0.1) is 0 Å². The van der Waals surface area contributed by atoms with Crippen molar-refractivity contribution in [1.29, 1.82) is 0 Å². The van der Waals surface area contributed by atoms with Crippen LogP contribution in [-0.2, 0) is 31.3 Å². The summed E-state index contributed by atoms with van der Waals surface area (Å²) in [4.78, 5) is 22.5. The van der Waals surface area contributed by atoms with Crippen LogP contribution in [0.5, 0.6) is 0 Å². The van der Waals surface area contributed by atoms with Gasteiger partial charge in [0.25, 0.3) is 0 Å². The van der Waals surface area contributed by atoms with E-state index in [-0.39, 0.29) is 43.1 Å². The minimum Gasteiger partial charge on any atom is -0.512 e. The molecule has 0 unspecified atom stereocenters. The van der Waals surface area contributed by atoms with E-state index in [9.17, 15) is 9.90 Å². The third-order valence-corrected chi connectivity index (χ3v) is 10.7. The second-order valence-corrected chi connectivity index (χ2v) is 15.0. The number of nitrogens with zero attached hydrogens (tertiary/aromatic N) is 2. The molecule has 49 heavy (non-hydrogen) atoms. The number of thiophene rings is 1. The third-order valence-electron chi connectivity index (χ3n) is 9.54. The largest absolute Gasteiger partial charge is 0.512 e. The molecule has 1 N–H and O–H groups in total. The maximum absolute atomic E-state index is 12.1. The van der Waals surface area contributed by atoms with Gasteiger partial charge in [-0.3, -0.25) is 9.78 Å². The number of rotatable bonds is 9. The molecule has 0 saturated heterocycles. The summed E-state index contributed by atoms with van der Waals surface area (Å²) in [5.74, 6) is 0.631. The molecular weight excluding hydrogens is 801 g/mol. The summed E-state index contributed by atoms with van der Waals surface area (Å²) >= 11 is 1.75. The predicted molar refractivity (Wildman–Crippen MR) is 206 cm³/mol. The smallest absolute Gasteiger partial charge is 0.164 e. The van der Waals surface area contributed by atoms with E-state index in [4.69, 9.17) is 4.98 Å². The summed E-state index contributed by atoms with van der Waals surface area (Å²) in [6.45, 7) is 16.8. The molecule has 6 rings (SSSR count). The van der Waals surface area contributed by atoms with E-state index < -0.39 is 0 Å². The van der Waals surface area contributed by atoms with Gasteiger partial charge in [0, 0.05) is 53.3 Å². The first-order valence-electron chi connectivity index (χ1n) is 17.4. The number of aliphatic hydroxyl groups excluding tert-OH is 1. The van der Waals surface area contributed by atoms with Gasteiger partial charge in [-0.25, -0.2) is 4.98 Å². The van der Waals surface area contributed by atoms with Crippen molar-refractivity contribution < 1.29 is 30.0 Å². The van der Waals surface area contributed by atoms with Crippen molar-refractivity contribution in [2.75, 3.05) is 0 Å². The number of benzene rings is 4. The number of hydrogen-bond acceptors (Lipinski definition) is 5. The molecule has 2 aromatic heterocycles. The molecule has 1 radical (unpaired) electrons. The first-order chi connectivity index (χ1) is 23.0. The van der Waals surface area contributed by atoms with E-state index in [2.05, 4.69) is 92.5 Å². The molecule has 4 aromatic carbocycles. The van der Waals surface area contributed by atoms with Crippen LogP contribution in [0.15, 0.2) is 84.4 Å². The monoisotopic (exact) mass is 850 g/mol. The van der Waals surface area contributed by atoms with Gasteiger partial charge in [0.15, 0.2) is 5.78 Å². The fraction of sp³-hybridized carbons (Fsp3) is 0.372. The Bertz CT molecular complexity index is 2100. The van der Waals surface area contributed by atoms with E-state index in [0.717, 1.165) is 53.6 Å². The van der Waals surface area contributed by atoms with Crippen molar-refractivity contribution >= 4 is 59.0 Å². The molecule has 0 fully saturated rings. The van der Waals surface area contributed by atoms with E-state index in [1.54, 1.807) is 24.6 Å². The van der Waals surface area contributed by atoms with Gasteiger partial charge in [-0.1, -0.05) is 119 Å². The summed E-state index contributed by atoms with van der Waals surface area (Å²) in [6, 6.07) is 27.4. The fourth-order valence-electron chi connectivity index (χ4n) is 6.83. The van der Waals surface area contributed by atoms with Gasteiger partial charge in [0.1, 0.15) is 16.9 Å². The van der Waals surface area contributed by atoms with Crippen LogP contribution in [0.3, 0.4) is 0 Å². The Morgan fingerprint density at radius 2 is 1.49 bits per heavy atom. The molecule has 4 nitrogen and oxygen atoms in total. The Morgan fingerprint density at radius 1 is 0.816 bits per heavy atom. The zero-order valence-electron chi connectivity index (χ0n) is 30.1. The second-order valence-electron chi connectivity index (χ2n) is 14.0. The number of carbonyl (C=O) groups is 1. The minimum absolute atomic E-state index is 0. The number of aromatic nitrogens is 2. The molecule has 0 aliphatic heterocycles. The molecule has 6 heteroatoms. The maximum Gasteiger partial charge on any atom is 0.164 e. The number of fused-ring (bicyclic) bond motifs is 6. The zero-order valence-corrected chi connectivity index (χ0v) is 33.3. The molecule has 0 saturated carbocycles. The van der Waals surface area contributed by atoms with Crippen molar-refractivity contribution in [2.24, 2.45) is 17.3 Å². The van der Waals surface area contributed by atoms with E-state index >= 15 is 0 Å². The van der Waals surface area contributed by atoms with Crippen molar-refractivity contribution in [1.82, 2.24) is 9.97 Å². The Balaban J connectivity index is 0.000000274. The van der Waals surface area contributed by atoms with E-state index in [1.807, 2.05) is 33.8 Å². The quantitative estimate of drug-likeness (QED) is 0.0894. The second kappa shape index (κ2) is 16.5. The van der Waals surface area contributed by atoms with Crippen LogP contribution in [0.25, 0.3) is 53.1 Å². The van der Waals surface area contributed by atoms with Crippen molar-refractivity contribution in [3.63, 3.8) is 0 Å². The molecule has 0 bridgehead atoms. The summed E-state index contributed by atoms with van der Waals surface area (Å²) in [6.07, 6.45) is 6.19. The van der Waals surface area contributed by atoms with Crippen LogP contribution in [0.1, 0.15) is 86.6 Å². The van der Waals surface area contributed by atoms with Crippen LogP contribution >= 0.6 is 11.3 Å². The Morgan fingerprint density at radius 3 is 2.16 bits per heavy atom. The minimum atomic E-state index is 0. The van der Waals surface area contributed by atoms with Gasteiger partial charge in [-0.2, -0.15) is 0 Å². The van der Waals surface area contributed by atoms with Crippen molar-refractivity contribution in [3.05, 3.63) is 96.0 Å². The summed E-state index contributed by atoms with van der Waals surface area (Å²) in [5, 5.41) is 17.4. The van der Waals surface area contributed by atoms with Gasteiger partial charge in [-0.05, 0) is 60.6 Å². The normalized spacial score (nSPS) is 12.4. The number of hydrogen-bond donors (Lipinski definition) is 1. The number of carbonyl (C=O) groups excluding carboxylic acids is 1. The molecule has 0 aliphatic carbocycles. The van der Waals surface area contributed by atoms with Crippen molar-refractivity contribution in [3.8, 4) is 11.3 Å². The third kappa shape index (κ3) is 8.14. The van der Waals surface area contributed by atoms with E-state index in [1.165, 1.54) is 37.2 Å². The van der Waals surface area contributed by atoms with Crippen LogP contribution in [0, 0.1) is 23.3 Å². The topological polar surface area (TPSA) is 63.1 Å². The average molecular weight is 850 g/mol. The molecule has 0 atom stereocenters. The van der Waals surface area contributed by atoms with Gasteiger partial charge in [0.2, 0.25) is 0 Å². The molecule has 2 heterocycles. The molecular formula is C43H49IrN2O2S-. The first kappa shape index (κ1) is 38.4. The van der Waals surface area contributed by atoms with Crippen LogP contribution in [0.4, 0.5) is 0 Å². The summed E-state index contributed by atoms with van der Waals surface area (Å²) in [5.41, 5.74) is 4.19. The van der Waals surface area contributed by atoms with Gasteiger partial charge in [-0.15, -0.1) is 35.1 Å². The SMILES string of the molecule is CC(C)(C)Cc1cccc2c(-c3ncnc4sc5c6ccccc6ccc5c34)[c-]ccc12.CCC(CC)C(=O)/C(C)=C(\O)C(CC)CC.[Ir]. The molecule has 6 aromatic rings. The van der Waals surface area contributed by atoms with Crippen LogP contribution in [0.2, 0.25) is 0 Å². The summed E-state index contributed by atoms with van der Waals surface area (Å²) < 4.78 is 1.27. The Labute approximate surface area is 309 Å². The van der Waals surface area contributed by atoms with Crippen molar-refractivity contribution in [2.45, 2.75) is 87.5 Å². The standard InChI is InChI=1S/C29H23N2S.C14H26O2.Ir/c1-29(2,3)16-19-9-6-12-22-20(19)11-7-13-23(22)26-25-24-15-14-18-8-4-5-10-21(18)27(24)32-28(25)31-17-30-26;1-6-11(7-2)13(15)10(5)14(16)12(8-3)9-4;/h4-12,14-15,17H,16H2,1-3H3;11-12,15H,6-9H2,1-5H3;/q-1;;/b;13-10-;. The Kier molecular flexibility index (Phi) is 12.9. The molecule has 0 aliphatic rings. The predicted octanol–water partition coefficient (Wildman–Crippen LogP) is 12.5. The molecule has 0 spiro atoms. The Hall–Kier alpha value is -3.44. The number of aliphatic hydroxyl groups is 1. The van der Waals surface area contributed by atoms with E-state index in [0.29, 0.717) is 11.3 Å². The zero-order chi connectivity index (χ0) is 34.6. The van der Waals surface area contributed by atoms with Gasteiger partial charge < -0.3 is 5.11 Å². The van der Waals surface area contributed by atoms with Crippen LogP contribution in [-0.4, -0.2) is 20.9 Å². The fourth-order valence-corrected chi connectivity index (χ4v) is 8.01. The summed E-state index contributed by atoms with van der Waals surface area (Å²) in [7, 11) is 0. The molecule has 0 amide bonds. The number of Topliss-reactive ketones (excluding diaryl/α,β-unsaturated/α-hetero) is 1. The van der Waals surface area contributed by atoms with Gasteiger partial charge >= 0.3 is 0 Å². The number of allylic oxidation sites excluding steroid dienone is 2. The first-order valence-corrected chi connectivity index (χ1v) is 18.3. The van der Waals surface area contributed by atoms with Crippen LogP contribution < -0.4 is 0 Å². The maximum atomic E-state index is 12.1.